The molecule has 0 fully saturated rings. The van der Waals surface area contributed by atoms with E-state index in [-0.39, 0.29) is 22.4 Å². The zero-order valence-electron chi connectivity index (χ0n) is 7.98. The molecular weight excluding hydrogens is 196 g/mol. The van der Waals surface area contributed by atoms with E-state index >= 15 is 0 Å². The molecule has 0 saturated heterocycles. The minimum absolute atomic E-state index is 0.0886. The molecule has 0 aromatic heterocycles. The van der Waals surface area contributed by atoms with Gasteiger partial charge >= 0.3 is 0 Å². The number of ether oxygens (including phenoxy) is 1. The van der Waals surface area contributed by atoms with Crippen LogP contribution in [0.15, 0.2) is 12.1 Å². The van der Waals surface area contributed by atoms with E-state index in [1.165, 1.54) is 19.2 Å². The second kappa shape index (κ2) is 4.24. The molecule has 76 valence electrons. The summed E-state index contributed by atoms with van der Waals surface area (Å²) in [4.78, 5) is 21.6. The molecule has 0 spiro atoms. The SMILES string of the molecule is COc1cc(C(N)=O)cc(C=O)c1C#N. The third-order valence-electron chi connectivity index (χ3n) is 1.88. The van der Waals surface area contributed by atoms with Gasteiger partial charge in [0.05, 0.1) is 7.11 Å². The zero-order valence-corrected chi connectivity index (χ0v) is 7.98. The smallest absolute Gasteiger partial charge is 0.248 e. The van der Waals surface area contributed by atoms with Crippen LogP contribution >= 0.6 is 0 Å². The highest BCUT2D eigenvalue weighted by atomic mass is 16.5. The minimum atomic E-state index is -0.680. The van der Waals surface area contributed by atoms with E-state index in [0.29, 0.717) is 6.29 Å². The number of amides is 1. The highest BCUT2D eigenvalue weighted by molar-refractivity contribution is 5.96. The fraction of sp³-hybridized carbons (Fsp3) is 0.100. The molecule has 0 radical (unpaired) electrons. The highest BCUT2D eigenvalue weighted by Crippen LogP contribution is 2.22. The molecule has 1 amide bonds. The average molecular weight is 204 g/mol. The van der Waals surface area contributed by atoms with Gasteiger partial charge in [-0.15, -0.1) is 0 Å². The number of hydrogen-bond acceptors (Lipinski definition) is 4. The molecule has 1 aromatic carbocycles. The lowest BCUT2D eigenvalue weighted by molar-refractivity contribution is 0.1000. The summed E-state index contributed by atoms with van der Waals surface area (Å²) in [7, 11) is 1.34. The van der Waals surface area contributed by atoms with Gasteiger partial charge in [0.15, 0.2) is 6.29 Å². The van der Waals surface area contributed by atoms with Crippen LogP contribution in [-0.4, -0.2) is 19.3 Å². The lowest BCUT2D eigenvalue weighted by Gasteiger charge is -2.06. The van der Waals surface area contributed by atoms with E-state index in [4.69, 9.17) is 15.7 Å². The molecule has 1 aromatic rings. The maximum absolute atomic E-state index is 10.9. The van der Waals surface area contributed by atoms with Crippen LogP contribution in [0.3, 0.4) is 0 Å². The van der Waals surface area contributed by atoms with Gasteiger partial charge in [-0.1, -0.05) is 0 Å². The van der Waals surface area contributed by atoms with Gasteiger partial charge in [0.1, 0.15) is 17.4 Å². The van der Waals surface area contributed by atoms with Gasteiger partial charge in [-0.3, -0.25) is 9.59 Å². The molecule has 0 saturated carbocycles. The average Bonchev–Trinajstić information content (AvgIpc) is 2.26. The predicted molar refractivity (Wildman–Crippen MR) is 51.6 cm³/mol. The van der Waals surface area contributed by atoms with Gasteiger partial charge in [-0.05, 0) is 12.1 Å². The van der Waals surface area contributed by atoms with Gasteiger partial charge in [0.25, 0.3) is 0 Å². The van der Waals surface area contributed by atoms with Crippen LogP contribution in [0, 0.1) is 11.3 Å². The van der Waals surface area contributed by atoms with Crippen molar-refractivity contribution in [3.63, 3.8) is 0 Å². The number of carbonyl (C=O) groups is 2. The van der Waals surface area contributed by atoms with Crippen LogP contribution in [-0.2, 0) is 0 Å². The molecule has 5 heteroatoms. The Morgan fingerprint density at radius 3 is 2.67 bits per heavy atom. The van der Waals surface area contributed by atoms with Gasteiger partial charge in [-0.2, -0.15) is 5.26 Å². The van der Waals surface area contributed by atoms with Gasteiger partial charge in [-0.25, -0.2) is 0 Å². The molecule has 2 N–H and O–H groups in total. The van der Waals surface area contributed by atoms with Crippen molar-refractivity contribution < 1.29 is 14.3 Å². The van der Waals surface area contributed by atoms with E-state index in [2.05, 4.69) is 0 Å². The van der Waals surface area contributed by atoms with Gasteiger partial charge in [0.2, 0.25) is 5.91 Å². The number of rotatable bonds is 3. The molecule has 0 aliphatic rings. The second-order valence-electron chi connectivity index (χ2n) is 2.74. The summed E-state index contributed by atoms with van der Waals surface area (Å²) in [5.74, 6) is -0.517. The van der Waals surface area contributed by atoms with E-state index < -0.39 is 5.91 Å². The number of hydrogen-bond donors (Lipinski definition) is 1. The summed E-state index contributed by atoms with van der Waals surface area (Å²) >= 11 is 0. The second-order valence-corrected chi connectivity index (χ2v) is 2.74. The van der Waals surface area contributed by atoms with Gasteiger partial charge in [0, 0.05) is 11.1 Å². The maximum Gasteiger partial charge on any atom is 0.248 e. The van der Waals surface area contributed by atoms with E-state index in [1.807, 2.05) is 6.07 Å². The molecule has 0 bridgehead atoms. The summed E-state index contributed by atoms with van der Waals surface area (Å²) in [6.07, 6.45) is 0.480. The predicted octanol–water partition coefficient (Wildman–Crippen LogP) is 0.478. The molecule has 0 atom stereocenters. The van der Waals surface area contributed by atoms with Crippen LogP contribution < -0.4 is 10.5 Å². The summed E-state index contributed by atoms with van der Waals surface area (Å²) in [6, 6.07) is 4.41. The zero-order chi connectivity index (χ0) is 11.4. The minimum Gasteiger partial charge on any atom is -0.495 e. The monoisotopic (exact) mass is 204 g/mol. The summed E-state index contributed by atoms with van der Waals surface area (Å²) in [5, 5.41) is 8.79. The first-order valence-electron chi connectivity index (χ1n) is 4.01. The van der Waals surface area contributed by atoms with Crippen molar-refractivity contribution in [3.05, 3.63) is 28.8 Å². The Morgan fingerprint density at radius 2 is 2.27 bits per heavy atom. The van der Waals surface area contributed by atoms with E-state index in [1.54, 1.807) is 0 Å². The normalized spacial score (nSPS) is 9.07. The van der Waals surface area contributed by atoms with Crippen molar-refractivity contribution in [2.75, 3.05) is 7.11 Å². The summed E-state index contributed by atoms with van der Waals surface area (Å²) < 4.78 is 4.88. The van der Waals surface area contributed by atoms with Crippen LogP contribution in [0.2, 0.25) is 0 Å². The molecule has 15 heavy (non-hydrogen) atoms. The van der Waals surface area contributed by atoms with Crippen molar-refractivity contribution in [1.82, 2.24) is 0 Å². The number of nitriles is 1. The number of nitrogens with two attached hydrogens (primary N) is 1. The lowest BCUT2D eigenvalue weighted by Crippen LogP contribution is -2.12. The van der Waals surface area contributed by atoms with Crippen molar-refractivity contribution in [3.8, 4) is 11.8 Å². The topological polar surface area (TPSA) is 93.2 Å². The number of aldehydes is 1. The Balaban J connectivity index is 3.51. The summed E-state index contributed by atoms with van der Waals surface area (Å²) in [6.45, 7) is 0. The number of nitrogens with zero attached hydrogens (tertiary/aromatic N) is 1. The Labute approximate surface area is 86.1 Å². The number of benzene rings is 1. The van der Waals surface area contributed by atoms with Crippen molar-refractivity contribution >= 4 is 12.2 Å². The Hall–Kier alpha value is -2.35. The van der Waals surface area contributed by atoms with Crippen LogP contribution in [0.25, 0.3) is 0 Å². The molecule has 1 rings (SSSR count). The summed E-state index contributed by atoms with van der Waals surface area (Å²) in [5.41, 5.74) is 5.37. The number of primary amides is 1. The molecular formula is C10H8N2O3. The van der Waals surface area contributed by atoms with Crippen LogP contribution in [0.5, 0.6) is 5.75 Å². The molecule has 0 aliphatic heterocycles. The third-order valence-corrected chi connectivity index (χ3v) is 1.88. The van der Waals surface area contributed by atoms with Gasteiger partial charge < -0.3 is 10.5 Å². The Bertz CT molecular complexity index is 460. The maximum atomic E-state index is 10.9. The van der Waals surface area contributed by atoms with Crippen LogP contribution in [0.4, 0.5) is 0 Å². The van der Waals surface area contributed by atoms with Crippen LogP contribution in [0.1, 0.15) is 26.3 Å². The van der Waals surface area contributed by atoms with Crippen molar-refractivity contribution in [1.29, 1.82) is 5.26 Å². The first-order valence-corrected chi connectivity index (χ1v) is 4.01. The first kappa shape index (κ1) is 10.7. The fourth-order valence-corrected chi connectivity index (χ4v) is 1.15. The third kappa shape index (κ3) is 1.94. The molecule has 0 unspecified atom stereocenters. The highest BCUT2D eigenvalue weighted by Gasteiger charge is 2.13. The van der Waals surface area contributed by atoms with Crippen molar-refractivity contribution in [2.45, 2.75) is 0 Å². The first-order chi connectivity index (χ1) is 7.13. The Kier molecular flexibility index (Phi) is 3.03. The molecule has 5 nitrogen and oxygen atoms in total. The quantitative estimate of drug-likeness (QED) is 0.724. The largest absolute Gasteiger partial charge is 0.495 e. The number of carbonyl (C=O) groups excluding carboxylic acids is 2. The van der Waals surface area contributed by atoms with E-state index in [9.17, 15) is 9.59 Å². The Morgan fingerprint density at radius 1 is 1.60 bits per heavy atom. The van der Waals surface area contributed by atoms with Crippen molar-refractivity contribution in [2.24, 2.45) is 5.73 Å². The fourth-order valence-electron chi connectivity index (χ4n) is 1.15. The lowest BCUT2D eigenvalue weighted by atomic mass is 10.0. The number of methoxy groups -OCH3 is 1. The van der Waals surface area contributed by atoms with E-state index in [0.717, 1.165) is 0 Å². The molecule has 0 heterocycles. The molecule has 0 aliphatic carbocycles. The standard InChI is InChI=1S/C10H8N2O3/c1-15-9-3-6(10(12)14)2-7(5-13)8(9)4-11/h2-3,5H,1H3,(H2,12,14).